The van der Waals surface area contributed by atoms with Gasteiger partial charge >= 0.3 is 0 Å². The van der Waals surface area contributed by atoms with E-state index in [4.69, 9.17) is 0 Å². The molecular weight excluding hydrogens is 252 g/mol. The minimum Gasteiger partial charge on any atom is -0.357 e. The van der Waals surface area contributed by atoms with E-state index in [1.165, 1.54) is 17.8 Å². The summed E-state index contributed by atoms with van der Waals surface area (Å²) in [4.78, 5) is 19.2. The first-order valence-corrected chi connectivity index (χ1v) is 5.94. The van der Waals surface area contributed by atoms with Gasteiger partial charge in [-0.1, -0.05) is 23.9 Å². The third kappa shape index (κ3) is 2.75. The molecule has 0 fully saturated rings. The Labute approximate surface area is 108 Å². The first-order valence-electron chi connectivity index (χ1n) is 5.13. The van der Waals surface area contributed by atoms with E-state index < -0.39 is 4.92 Å². The van der Waals surface area contributed by atoms with Crippen molar-refractivity contribution in [3.8, 4) is 0 Å². The van der Waals surface area contributed by atoms with Crippen molar-refractivity contribution in [3.05, 3.63) is 46.6 Å². The fourth-order valence-corrected chi connectivity index (χ4v) is 2.21. The van der Waals surface area contributed by atoms with Crippen molar-refractivity contribution < 1.29 is 4.92 Å². The lowest BCUT2D eigenvalue weighted by atomic mass is 10.3. The van der Waals surface area contributed by atoms with Gasteiger partial charge in [-0.25, -0.2) is 9.97 Å². The maximum Gasteiger partial charge on any atom is 0.283 e. The lowest BCUT2D eigenvalue weighted by molar-refractivity contribution is -0.387. The van der Waals surface area contributed by atoms with Crippen molar-refractivity contribution in [1.29, 1.82) is 0 Å². The molecule has 1 heterocycles. The molecule has 92 valence electrons. The van der Waals surface area contributed by atoms with Crippen molar-refractivity contribution in [2.45, 2.75) is 9.92 Å². The average molecular weight is 262 g/mol. The highest BCUT2D eigenvalue weighted by Crippen LogP contribution is 2.33. The number of hydrogen-bond donors (Lipinski definition) is 1. The molecule has 18 heavy (non-hydrogen) atoms. The van der Waals surface area contributed by atoms with E-state index in [9.17, 15) is 10.1 Å². The Hall–Kier alpha value is -2.15. The van der Waals surface area contributed by atoms with Gasteiger partial charge in [-0.3, -0.25) is 10.1 Å². The van der Waals surface area contributed by atoms with Gasteiger partial charge in [-0.05, 0) is 12.1 Å². The fourth-order valence-electron chi connectivity index (χ4n) is 1.33. The van der Waals surface area contributed by atoms with Crippen molar-refractivity contribution in [2.24, 2.45) is 0 Å². The van der Waals surface area contributed by atoms with E-state index in [1.807, 2.05) is 0 Å². The Bertz CT molecular complexity index is 576. The second kappa shape index (κ2) is 5.46. The van der Waals surface area contributed by atoms with Crippen molar-refractivity contribution in [1.82, 2.24) is 9.97 Å². The van der Waals surface area contributed by atoms with E-state index in [-0.39, 0.29) is 5.69 Å². The van der Waals surface area contributed by atoms with Gasteiger partial charge in [0.15, 0.2) is 0 Å². The van der Waals surface area contributed by atoms with Crippen LogP contribution in [0.25, 0.3) is 0 Å². The lowest BCUT2D eigenvalue weighted by Crippen LogP contribution is -1.96. The summed E-state index contributed by atoms with van der Waals surface area (Å²) in [6.45, 7) is 0. The zero-order chi connectivity index (χ0) is 13.0. The molecule has 0 saturated heterocycles. The van der Waals surface area contributed by atoms with Crippen LogP contribution in [-0.2, 0) is 0 Å². The lowest BCUT2D eigenvalue weighted by Gasteiger charge is -2.03. The topological polar surface area (TPSA) is 81.0 Å². The van der Waals surface area contributed by atoms with Gasteiger partial charge < -0.3 is 5.32 Å². The predicted octanol–water partition coefficient (Wildman–Crippen LogP) is 2.58. The first kappa shape index (κ1) is 12.3. The molecule has 7 heteroatoms. The van der Waals surface area contributed by atoms with Crippen LogP contribution in [0.15, 0.2) is 46.5 Å². The number of benzene rings is 1. The van der Waals surface area contributed by atoms with Crippen LogP contribution >= 0.6 is 11.8 Å². The molecule has 0 saturated carbocycles. The molecule has 1 aromatic heterocycles. The summed E-state index contributed by atoms with van der Waals surface area (Å²) in [5.41, 5.74) is 0.0760. The summed E-state index contributed by atoms with van der Waals surface area (Å²) < 4.78 is 0. The highest BCUT2D eigenvalue weighted by atomic mass is 32.2. The smallest absolute Gasteiger partial charge is 0.283 e. The molecule has 0 aliphatic rings. The van der Waals surface area contributed by atoms with E-state index >= 15 is 0 Å². The maximum atomic E-state index is 10.9. The van der Waals surface area contributed by atoms with E-state index in [0.717, 1.165) is 0 Å². The molecule has 0 spiro atoms. The molecule has 1 N–H and O–H groups in total. The Balaban J connectivity index is 2.31. The predicted molar refractivity (Wildman–Crippen MR) is 68.8 cm³/mol. The van der Waals surface area contributed by atoms with Gasteiger partial charge in [0.25, 0.3) is 5.69 Å². The number of rotatable bonds is 4. The molecule has 0 amide bonds. The van der Waals surface area contributed by atoms with Gasteiger partial charge in [-0.15, -0.1) is 0 Å². The van der Waals surface area contributed by atoms with Crippen LogP contribution < -0.4 is 5.32 Å². The Morgan fingerprint density at radius 1 is 1.33 bits per heavy atom. The molecule has 0 aliphatic heterocycles. The van der Waals surface area contributed by atoms with Crippen LogP contribution in [0.4, 0.5) is 11.6 Å². The van der Waals surface area contributed by atoms with Gasteiger partial charge in [-0.2, -0.15) is 0 Å². The molecule has 1 aromatic carbocycles. The number of nitro groups is 1. The number of nitrogens with zero attached hydrogens (tertiary/aromatic N) is 3. The van der Waals surface area contributed by atoms with E-state index in [0.29, 0.717) is 15.9 Å². The number of aromatic nitrogens is 2. The number of para-hydroxylation sites is 1. The first-order chi connectivity index (χ1) is 8.70. The van der Waals surface area contributed by atoms with Crippen LogP contribution in [0.5, 0.6) is 0 Å². The monoisotopic (exact) mass is 262 g/mol. The fraction of sp³-hybridized carbons (Fsp3) is 0.0909. The van der Waals surface area contributed by atoms with Gasteiger partial charge in [0.05, 0.1) is 9.82 Å². The molecule has 2 aromatic rings. The van der Waals surface area contributed by atoms with E-state index in [1.54, 1.807) is 37.5 Å². The number of nitrogens with one attached hydrogen (secondary N) is 1. The van der Waals surface area contributed by atoms with Gasteiger partial charge in [0.1, 0.15) is 5.03 Å². The molecule has 6 nitrogen and oxygen atoms in total. The van der Waals surface area contributed by atoms with Crippen molar-refractivity contribution >= 4 is 23.4 Å². The highest BCUT2D eigenvalue weighted by Gasteiger charge is 2.14. The van der Waals surface area contributed by atoms with Gasteiger partial charge in [0.2, 0.25) is 5.95 Å². The SMILES string of the molecule is CNc1nccc(Sc2ccccc2[N+](=O)[O-])n1. The summed E-state index contributed by atoms with van der Waals surface area (Å²) in [6, 6.07) is 8.28. The minimum absolute atomic E-state index is 0.0760. The summed E-state index contributed by atoms with van der Waals surface area (Å²) in [6.07, 6.45) is 1.61. The largest absolute Gasteiger partial charge is 0.357 e. The zero-order valence-corrected chi connectivity index (χ0v) is 10.3. The quantitative estimate of drug-likeness (QED) is 0.518. The van der Waals surface area contributed by atoms with Crippen LogP contribution in [0.1, 0.15) is 0 Å². The third-order valence-electron chi connectivity index (χ3n) is 2.13. The standard InChI is InChI=1S/C11H10N4O2S/c1-12-11-13-7-6-10(14-11)18-9-5-3-2-4-8(9)15(16)17/h2-7H,1H3,(H,12,13,14). The van der Waals surface area contributed by atoms with Crippen LogP contribution in [0, 0.1) is 10.1 Å². The third-order valence-corrected chi connectivity index (χ3v) is 3.13. The molecule has 0 unspecified atom stereocenters. The van der Waals surface area contributed by atoms with Gasteiger partial charge in [0, 0.05) is 19.3 Å². The zero-order valence-electron chi connectivity index (χ0n) is 9.53. The summed E-state index contributed by atoms with van der Waals surface area (Å²) in [7, 11) is 1.72. The molecular formula is C11H10N4O2S. The normalized spacial score (nSPS) is 10.1. The molecule has 2 rings (SSSR count). The molecule has 0 bridgehead atoms. The second-order valence-electron chi connectivity index (χ2n) is 3.30. The van der Waals surface area contributed by atoms with Crippen LogP contribution in [0.3, 0.4) is 0 Å². The Kier molecular flexibility index (Phi) is 3.73. The second-order valence-corrected chi connectivity index (χ2v) is 4.36. The maximum absolute atomic E-state index is 10.9. The summed E-state index contributed by atoms with van der Waals surface area (Å²) in [5.74, 6) is 0.485. The molecule has 0 radical (unpaired) electrons. The van der Waals surface area contributed by atoms with Crippen molar-refractivity contribution in [2.75, 3.05) is 12.4 Å². The summed E-state index contributed by atoms with van der Waals surface area (Å²) in [5, 5.41) is 14.4. The highest BCUT2D eigenvalue weighted by molar-refractivity contribution is 7.99. The summed E-state index contributed by atoms with van der Waals surface area (Å²) >= 11 is 1.24. The number of nitro benzene ring substituents is 1. The number of hydrogen-bond acceptors (Lipinski definition) is 6. The average Bonchev–Trinajstić information content (AvgIpc) is 2.39. The molecule has 0 atom stereocenters. The minimum atomic E-state index is -0.400. The van der Waals surface area contributed by atoms with Crippen molar-refractivity contribution in [3.63, 3.8) is 0 Å². The van der Waals surface area contributed by atoms with E-state index in [2.05, 4.69) is 15.3 Å². The Morgan fingerprint density at radius 3 is 2.83 bits per heavy atom. The Morgan fingerprint density at radius 2 is 2.11 bits per heavy atom. The number of anilines is 1. The molecule has 0 aliphatic carbocycles. The van der Waals surface area contributed by atoms with Crippen LogP contribution in [0.2, 0.25) is 0 Å². The van der Waals surface area contributed by atoms with Crippen LogP contribution in [-0.4, -0.2) is 21.9 Å².